The molecule has 0 radical (unpaired) electrons. The van der Waals surface area contributed by atoms with E-state index in [9.17, 15) is 23.1 Å². The zero-order valence-electron chi connectivity index (χ0n) is 13.3. The Labute approximate surface area is 134 Å². The third-order valence-electron chi connectivity index (χ3n) is 4.97. The molecule has 1 aliphatic carbocycles. The minimum atomic E-state index is -1.51. The van der Waals surface area contributed by atoms with Crippen LogP contribution in [0.2, 0.25) is 0 Å². The van der Waals surface area contributed by atoms with E-state index in [1.165, 1.54) is 6.42 Å². The number of rotatable bonds is 6. The molecule has 0 saturated heterocycles. The third kappa shape index (κ3) is 4.49. The van der Waals surface area contributed by atoms with Gasteiger partial charge in [0.15, 0.2) is 17.5 Å². The molecule has 23 heavy (non-hydrogen) atoms. The van der Waals surface area contributed by atoms with Crippen molar-refractivity contribution in [3.05, 3.63) is 35.1 Å². The van der Waals surface area contributed by atoms with E-state index in [0.717, 1.165) is 44.2 Å². The molecule has 1 aliphatic rings. The molecule has 1 unspecified atom stereocenters. The van der Waals surface area contributed by atoms with Crippen LogP contribution in [0, 0.1) is 35.2 Å². The highest BCUT2D eigenvalue weighted by atomic mass is 19.2. The number of benzene rings is 1. The van der Waals surface area contributed by atoms with Gasteiger partial charge >= 0.3 is 5.97 Å². The van der Waals surface area contributed by atoms with Crippen LogP contribution in [0.5, 0.6) is 0 Å². The summed E-state index contributed by atoms with van der Waals surface area (Å²) in [6.07, 6.45) is 6.00. The Kier molecular flexibility index (Phi) is 6.08. The first-order valence-electron chi connectivity index (χ1n) is 8.28. The zero-order valence-corrected chi connectivity index (χ0v) is 13.3. The molecule has 1 atom stereocenters. The number of hydrogen-bond donors (Lipinski definition) is 1. The highest BCUT2D eigenvalue weighted by Crippen LogP contribution is 2.37. The molecule has 1 fully saturated rings. The molecule has 1 aromatic rings. The van der Waals surface area contributed by atoms with E-state index in [1.807, 2.05) is 0 Å². The van der Waals surface area contributed by atoms with Crippen molar-refractivity contribution < 1.29 is 23.1 Å². The van der Waals surface area contributed by atoms with Gasteiger partial charge in [0.2, 0.25) is 0 Å². The molecule has 0 amide bonds. The molecule has 0 aliphatic heterocycles. The normalized spacial score (nSPS) is 22.8. The van der Waals surface area contributed by atoms with E-state index < -0.39 is 29.3 Å². The predicted octanol–water partition coefficient (Wildman–Crippen LogP) is 4.95. The van der Waals surface area contributed by atoms with E-state index in [2.05, 4.69) is 6.92 Å². The summed E-state index contributed by atoms with van der Waals surface area (Å²) in [5, 5.41) is 9.49. The molecule has 0 heterocycles. The first-order valence-corrected chi connectivity index (χ1v) is 8.28. The third-order valence-corrected chi connectivity index (χ3v) is 4.97. The molecule has 1 N–H and O–H groups in total. The van der Waals surface area contributed by atoms with Crippen molar-refractivity contribution in [2.75, 3.05) is 0 Å². The predicted molar refractivity (Wildman–Crippen MR) is 81.5 cm³/mol. The van der Waals surface area contributed by atoms with Gasteiger partial charge in [0.25, 0.3) is 0 Å². The number of carbonyl (C=O) groups is 1. The van der Waals surface area contributed by atoms with Crippen LogP contribution >= 0.6 is 0 Å². The van der Waals surface area contributed by atoms with Gasteiger partial charge in [-0.15, -0.1) is 0 Å². The Bertz CT molecular complexity index is 528. The van der Waals surface area contributed by atoms with Crippen LogP contribution < -0.4 is 0 Å². The van der Waals surface area contributed by atoms with E-state index in [0.29, 0.717) is 5.92 Å². The monoisotopic (exact) mass is 328 g/mol. The Morgan fingerprint density at radius 2 is 1.74 bits per heavy atom. The first-order chi connectivity index (χ1) is 10.9. The fraction of sp³-hybridized carbons (Fsp3) is 0.611. The topological polar surface area (TPSA) is 37.3 Å². The standard InChI is InChI=1S/C18H23F3O2/c1-2-3-11-4-6-13(7-5-11)14(18(22)23)8-12-9-15(19)17(21)16(20)10-12/h9-11,13-14H,2-8H2,1H3,(H,22,23). The summed E-state index contributed by atoms with van der Waals surface area (Å²) in [6, 6.07) is 1.80. The molecule has 1 saturated carbocycles. The summed E-state index contributed by atoms with van der Waals surface area (Å²) in [5.74, 6) is -5.01. The lowest BCUT2D eigenvalue weighted by Gasteiger charge is -2.32. The first kappa shape index (κ1) is 17.8. The average Bonchev–Trinajstić information content (AvgIpc) is 2.51. The fourth-order valence-corrected chi connectivity index (χ4v) is 3.72. The maximum Gasteiger partial charge on any atom is 0.307 e. The van der Waals surface area contributed by atoms with Crippen LogP contribution in [0.1, 0.15) is 51.0 Å². The molecule has 2 rings (SSSR count). The molecular weight excluding hydrogens is 305 g/mol. The van der Waals surface area contributed by atoms with Gasteiger partial charge in [-0.05, 0) is 48.8 Å². The second-order valence-corrected chi connectivity index (χ2v) is 6.59. The SMILES string of the molecule is CCCC1CCC(C(Cc2cc(F)c(F)c(F)c2)C(=O)O)CC1. The molecule has 1 aromatic carbocycles. The molecule has 128 valence electrons. The van der Waals surface area contributed by atoms with Gasteiger partial charge in [-0.1, -0.05) is 32.6 Å². The Balaban J connectivity index is 2.07. The summed E-state index contributed by atoms with van der Waals surface area (Å²) >= 11 is 0. The molecule has 0 bridgehead atoms. The van der Waals surface area contributed by atoms with Crippen molar-refractivity contribution in [2.24, 2.45) is 17.8 Å². The van der Waals surface area contributed by atoms with Gasteiger partial charge in [0, 0.05) is 0 Å². The van der Waals surface area contributed by atoms with Crippen LogP contribution in [-0.4, -0.2) is 11.1 Å². The smallest absolute Gasteiger partial charge is 0.307 e. The van der Waals surface area contributed by atoms with E-state index in [4.69, 9.17) is 0 Å². The number of aliphatic carboxylic acids is 1. The largest absolute Gasteiger partial charge is 0.481 e. The summed E-state index contributed by atoms with van der Waals surface area (Å²) in [6.45, 7) is 2.14. The van der Waals surface area contributed by atoms with Gasteiger partial charge in [-0.3, -0.25) is 4.79 Å². The Morgan fingerprint density at radius 1 is 1.17 bits per heavy atom. The minimum absolute atomic E-state index is 0.0109. The number of carboxylic acids is 1. The van der Waals surface area contributed by atoms with Crippen LogP contribution in [0.4, 0.5) is 13.2 Å². The molecule has 0 spiro atoms. The molecule has 2 nitrogen and oxygen atoms in total. The molecule has 5 heteroatoms. The van der Waals surface area contributed by atoms with Crippen molar-refractivity contribution >= 4 is 5.97 Å². The summed E-state index contributed by atoms with van der Waals surface area (Å²) < 4.78 is 39.6. The average molecular weight is 328 g/mol. The van der Waals surface area contributed by atoms with Crippen molar-refractivity contribution in [3.8, 4) is 0 Å². The lowest BCUT2D eigenvalue weighted by Crippen LogP contribution is -2.29. The number of halogens is 3. The van der Waals surface area contributed by atoms with Crippen LogP contribution in [0.25, 0.3) is 0 Å². The number of hydrogen-bond acceptors (Lipinski definition) is 1. The van der Waals surface area contributed by atoms with E-state index >= 15 is 0 Å². The number of carboxylic acid groups (broad SMARTS) is 1. The molecular formula is C18H23F3O2. The summed E-state index contributed by atoms with van der Waals surface area (Å²) in [7, 11) is 0. The maximum atomic E-state index is 13.3. The summed E-state index contributed by atoms with van der Waals surface area (Å²) in [5.41, 5.74) is 0.199. The van der Waals surface area contributed by atoms with E-state index in [1.54, 1.807) is 0 Å². The van der Waals surface area contributed by atoms with Crippen molar-refractivity contribution in [2.45, 2.75) is 51.9 Å². The van der Waals surface area contributed by atoms with Crippen molar-refractivity contribution in [3.63, 3.8) is 0 Å². The van der Waals surface area contributed by atoms with Gasteiger partial charge in [0.05, 0.1) is 5.92 Å². The minimum Gasteiger partial charge on any atom is -0.481 e. The van der Waals surface area contributed by atoms with Crippen LogP contribution in [0.3, 0.4) is 0 Å². The molecule has 0 aromatic heterocycles. The quantitative estimate of drug-likeness (QED) is 0.750. The fourth-order valence-electron chi connectivity index (χ4n) is 3.72. The second-order valence-electron chi connectivity index (χ2n) is 6.59. The van der Waals surface area contributed by atoms with Gasteiger partial charge in [0.1, 0.15) is 0 Å². The highest BCUT2D eigenvalue weighted by molar-refractivity contribution is 5.70. The van der Waals surface area contributed by atoms with Crippen LogP contribution in [-0.2, 0) is 11.2 Å². The van der Waals surface area contributed by atoms with Gasteiger partial charge in [-0.25, -0.2) is 13.2 Å². The highest BCUT2D eigenvalue weighted by Gasteiger charge is 2.32. The van der Waals surface area contributed by atoms with E-state index in [-0.39, 0.29) is 17.9 Å². The Morgan fingerprint density at radius 3 is 2.22 bits per heavy atom. The van der Waals surface area contributed by atoms with Crippen LogP contribution in [0.15, 0.2) is 12.1 Å². The van der Waals surface area contributed by atoms with Crippen molar-refractivity contribution in [1.82, 2.24) is 0 Å². The Hall–Kier alpha value is -1.52. The maximum absolute atomic E-state index is 13.3. The van der Waals surface area contributed by atoms with Crippen molar-refractivity contribution in [1.29, 1.82) is 0 Å². The lowest BCUT2D eigenvalue weighted by molar-refractivity contribution is -0.144. The second kappa shape index (κ2) is 7.84. The summed E-state index contributed by atoms with van der Waals surface area (Å²) in [4.78, 5) is 11.6. The van der Waals surface area contributed by atoms with Gasteiger partial charge < -0.3 is 5.11 Å². The van der Waals surface area contributed by atoms with Gasteiger partial charge in [-0.2, -0.15) is 0 Å². The lowest BCUT2D eigenvalue weighted by atomic mass is 9.73. The zero-order chi connectivity index (χ0) is 17.0.